The summed E-state index contributed by atoms with van der Waals surface area (Å²) in [6, 6.07) is 9.78. The highest BCUT2D eigenvalue weighted by Gasteiger charge is 2.39. The number of ketones is 1. The van der Waals surface area contributed by atoms with Crippen LogP contribution in [0.3, 0.4) is 0 Å². The Morgan fingerprint density at radius 2 is 1.73 bits per heavy atom. The van der Waals surface area contributed by atoms with E-state index in [0.29, 0.717) is 38.2 Å². The van der Waals surface area contributed by atoms with E-state index >= 15 is 4.39 Å². The smallest absolute Gasteiger partial charge is 0.176 e. The van der Waals surface area contributed by atoms with Crippen LogP contribution >= 0.6 is 0 Å². The molecule has 2 fully saturated rings. The average Bonchev–Trinajstić information content (AvgIpc) is 3.06. The number of Topliss-reactive ketones (excluding diaryl/α,β-unsaturated/α-hetero) is 1. The minimum absolute atomic E-state index is 0.0250. The van der Waals surface area contributed by atoms with Gasteiger partial charge in [-0.25, -0.2) is 4.39 Å². The molecule has 0 saturated carbocycles. The van der Waals surface area contributed by atoms with Gasteiger partial charge in [-0.3, -0.25) is 4.79 Å². The average molecular weight is 619 g/mol. The summed E-state index contributed by atoms with van der Waals surface area (Å²) in [5.41, 5.74) is 1.95. The lowest BCUT2D eigenvalue weighted by molar-refractivity contribution is -0.0243. The molecule has 2 saturated heterocycles. The lowest BCUT2D eigenvalue weighted by atomic mass is 9.83. The van der Waals surface area contributed by atoms with Gasteiger partial charge in [-0.2, -0.15) is 0 Å². The Labute approximate surface area is 264 Å². The predicted molar refractivity (Wildman–Crippen MR) is 168 cm³/mol. The van der Waals surface area contributed by atoms with Crippen molar-refractivity contribution in [3.05, 3.63) is 89.0 Å². The molecule has 3 heterocycles. The highest BCUT2D eigenvalue weighted by Crippen LogP contribution is 2.39. The molecule has 4 unspecified atom stereocenters. The Morgan fingerprint density at radius 3 is 2.44 bits per heavy atom. The summed E-state index contributed by atoms with van der Waals surface area (Å²) >= 11 is 0. The van der Waals surface area contributed by atoms with Crippen LogP contribution in [0, 0.1) is 11.7 Å². The van der Waals surface area contributed by atoms with Gasteiger partial charge in [0.05, 0.1) is 30.3 Å². The van der Waals surface area contributed by atoms with Crippen molar-refractivity contribution >= 4 is 5.78 Å². The first-order valence-electron chi connectivity index (χ1n) is 16.4. The zero-order chi connectivity index (χ0) is 31.0. The van der Waals surface area contributed by atoms with Gasteiger partial charge in [-0.1, -0.05) is 24.3 Å². The zero-order valence-corrected chi connectivity index (χ0v) is 25.8. The number of benzene rings is 2. The van der Waals surface area contributed by atoms with Gasteiger partial charge >= 0.3 is 0 Å². The Balaban J connectivity index is 1.13. The lowest BCUT2D eigenvalue weighted by Gasteiger charge is -2.33. The van der Waals surface area contributed by atoms with Crippen LogP contribution in [0.2, 0.25) is 0 Å². The number of aromatic hydroxyl groups is 1. The Morgan fingerprint density at radius 1 is 0.956 bits per heavy atom. The maximum atomic E-state index is 15.5. The van der Waals surface area contributed by atoms with Crippen LogP contribution in [0.5, 0.6) is 17.2 Å². The molecule has 0 radical (unpaired) electrons. The van der Waals surface area contributed by atoms with Crippen molar-refractivity contribution in [1.82, 2.24) is 0 Å². The minimum atomic E-state index is -0.633. The number of carbonyl (C=O) groups is 1. The molecule has 6 rings (SSSR count). The number of rotatable bonds is 11. The second-order valence-corrected chi connectivity index (χ2v) is 12.4. The third-order valence-corrected chi connectivity index (χ3v) is 9.04. The third kappa shape index (κ3) is 8.35. The van der Waals surface area contributed by atoms with Gasteiger partial charge in [0.2, 0.25) is 0 Å². The molecule has 2 aromatic carbocycles. The van der Waals surface area contributed by atoms with Gasteiger partial charge in [0.1, 0.15) is 41.5 Å². The first-order chi connectivity index (χ1) is 22.0. The van der Waals surface area contributed by atoms with Gasteiger partial charge in [0.25, 0.3) is 0 Å². The second-order valence-electron chi connectivity index (χ2n) is 12.4. The standard InChI is InChI=1S/C37H43FO7/c38-33-22-31(43-20-17-28-5-1-3-18-41-28)23-35-36(33)37(40)32(34(45-35)21-26-7-12-27(39)13-8-26)16-11-25-9-14-29(15-10-25)44-24-30-6-2-4-19-42-30/h7-9,11-15,22-23,28,30,32,34,39H,1-6,10,16-21,24H2. The van der Waals surface area contributed by atoms with Crippen LogP contribution in [0.15, 0.2) is 72.0 Å². The number of hydrogen-bond acceptors (Lipinski definition) is 7. The SMILES string of the molecule is O=C1c2c(F)cc(OCCC3CCCCO3)cc2OC(Cc2ccc(O)cc2)C1CC=C1C=CC(OCC2CCCCO2)=CC1. The molecule has 7 nitrogen and oxygen atoms in total. The number of hydrogen-bond donors (Lipinski definition) is 1. The van der Waals surface area contributed by atoms with Crippen LogP contribution in [0.1, 0.15) is 73.7 Å². The molecule has 1 N–H and O–H groups in total. The van der Waals surface area contributed by atoms with E-state index in [0.717, 1.165) is 68.6 Å². The van der Waals surface area contributed by atoms with E-state index in [4.69, 9.17) is 23.7 Å². The fraction of sp³-hybridized carbons (Fsp3) is 0.486. The van der Waals surface area contributed by atoms with E-state index in [1.165, 1.54) is 12.5 Å². The maximum absolute atomic E-state index is 15.5. The molecular formula is C37H43FO7. The molecule has 3 aliphatic heterocycles. The van der Waals surface area contributed by atoms with Crippen LogP contribution in [0.25, 0.3) is 0 Å². The molecule has 0 bridgehead atoms. The van der Waals surface area contributed by atoms with Crippen molar-refractivity contribution in [3.63, 3.8) is 0 Å². The molecule has 2 aromatic rings. The van der Waals surface area contributed by atoms with Gasteiger partial charge in [-0.05, 0) is 86.8 Å². The number of halogens is 1. The second kappa shape index (κ2) is 15.1. The monoisotopic (exact) mass is 618 g/mol. The predicted octanol–water partition coefficient (Wildman–Crippen LogP) is 7.42. The van der Waals surface area contributed by atoms with Crippen molar-refractivity contribution < 1.29 is 38.0 Å². The number of phenols is 1. The normalized spacial score (nSPS) is 25.8. The molecule has 0 aromatic heterocycles. The summed E-state index contributed by atoms with van der Waals surface area (Å²) in [4.78, 5) is 13.9. The Kier molecular flexibility index (Phi) is 10.5. The van der Waals surface area contributed by atoms with Crippen molar-refractivity contribution in [3.8, 4) is 17.2 Å². The maximum Gasteiger partial charge on any atom is 0.176 e. The summed E-state index contributed by atoms with van der Waals surface area (Å²) in [5, 5.41) is 9.77. The fourth-order valence-electron chi connectivity index (χ4n) is 6.43. The Bertz CT molecular complexity index is 1400. The summed E-state index contributed by atoms with van der Waals surface area (Å²) in [7, 11) is 0. The molecule has 0 amide bonds. The van der Waals surface area contributed by atoms with Crippen LogP contribution in [-0.2, 0) is 20.6 Å². The first-order valence-corrected chi connectivity index (χ1v) is 16.4. The highest BCUT2D eigenvalue weighted by molar-refractivity contribution is 6.02. The molecule has 8 heteroatoms. The van der Waals surface area contributed by atoms with E-state index in [1.54, 1.807) is 18.2 Å². The molecule has 4 aliphatic rings. The van der Waals surface area contributed by atoms with Crippen LogP contribution in [0.4, 0.5) is 4.39 Å². The number of phenolic OH excluding ortho intramolecular Hbond substituents is 1. The summed E-state index contributed by atoms with van der Waals surface area (Å²) in [6.07, 6.45) is 16.6. The molecule has 45 heavy (non-hydrogen) atoms. The largest absolute Gasteiger partial charge is 0.508 e. The van der Waals surface area contributed by atoms with Crippen molar-refractivity contribution in [2.24, 2.45) is 5.92 Å². The summed E-state index contributed by atoms with van der Waals surface area (Å²) < 4.78 is 45.3. The van der Waals surface area contributed by atoms with E-state index in [1.807, 2.05) is 36.4 Å². The van der Waals surface area contributed by atoms with Gasteiger partial charge in [0.15, 0.2) is 5.78 Å². The molecule has 4 atom stereocenters. The minimum Gasteiger partial charge on any atom is -0.508 e. The van der Waals surface area contributed by atoms with E-state index in [-0.39, 0.29) is 35.1 Å². The number of fused-ring (bicyclic) bond motifs is 1. The summed E-state index contributed by atoms with van der Waals surface area (Å²) in [6.45, 7) is 2.52. The van der Waals surface area contributed by atoms with Crippen LogP contribution < -0.4 is 9.47 Å². The van der Waals surface area contributed by atoms with Crippen molar-refractivity contribution in [2.75, 3.05) is 26.4 Å². The van der Waals surface area contributed by atoms with E-state index in [2.05, 4.69) is 0 Å². The van der Waals surface area contributed by atoms with Gasteiger partial charge in [-0.15, -0.1) is 0 Å². The van der Waals surface area contributed by atoms with E-state index < -0.39 is 17.8 Å². The third-order valence-electron chi connectivity index (χ3n) is 9.04. The molecule has 1 aliphatic carbocycles. The van der Waals surface area contributed by atoms with Crippen molar-refractivity contribution in [1.29, 1.82) is 0 Å². The topological polar surface area (TPSA) is 83.5 Å². The van der Waals surface area contributed by atoms with E-state index in [9.17, 15) is 9.90 Å². The quantitative estimate of drug-likeness (QED) is 0.281. The number of carbonyl (C=O) groups excluding carboxylic acids is 1. The fourth-order valence-corrected chi connectivity index (χ4v) is 6.43. The molecular weight excluding hydrogens is 575 g/mol. The van der Waals surface area contributed by atoms with Gasteiger partial charge in [0, 0.05) is 38.2 Å². The summed E-state index contributed by atoms with van der Waals surface area (Å²) in [5.74, 6) is 0.0488. The number of ether oxygens (including phenoxy) is 5. The van der Waals surface area contributed by atoms with Crippen molar-refractivity contribution in [2.45, 2.75) is 82.5 Å². The zero-order valence-electron chi connectivity index (χ0n) is 25.8. The molecule has 0 spiro atoms. The van der Waals surface area contributed by atoms with Crippen LogP contribution in [-0.4, -0.2) is 55.6 Å². The first kappa shape index (κ1) is 31.4. The van der Waals surface area contributed by atoms with Gasteiger partial charge < -0.3 is 28.8 Å². The number of allylic oxidation sites excluding steroid dienone is 5. The lowest BCUT2D eigenvalue weighted by Crippen LogP contribution is -2.39. The Hall–Kier alpha value is -3.62. The highest BCUT2D eigenvalue weighted by atomic mass is 19.1. The molecule has 240 valence electrons.